The van der Waals surface area contributed by atoms with Crippen molar-refractivity contribution in [3.05, 3.63) is 32.6 Å². The van der Waals surface area contributed by atoms with Crippen LogP contribution in [-0.4, -0.2) is 34.4 Å². The second-order valence-electron chi connectivity index (χ2n) is 4.32. The van der Waals surface area contributed by atoms with Crippen molar-refractivity contribution in [2.45, 2.75) is 31.7 Å². The summed E-state index contributed by atoms with van der Waals surface area (Å²) in [4.78, 5) is 25.5. The highest BCUT2D eigenvalue weighted by atomic mass is 16.5. The van der Waals surface area contributed by atoms with Crippen LogP contribution in [0, 0.1) is 0 Å². The Labute approximate surface area is 103 Å². The molecular weight excluding hydrogens is 238 g/mol. The Hall–Kier alpha value is -1.44. The first-order valence-corrected chi connectivity index (χ1v) is 5.91. The van der Waals surface area contributed by atoms with Gasteiger partial charge < -0.3 is 15.2 Å². The van der Waals surface area contributed by atoms with Crippen LogP contribution in [0.25, 0.3) is 0 Å². The highest BCUT2D eigenvalue weighted by Gasteiger charge is 2.27. The number of ether oxygens (including phenoxy) is 1. The van der Waals surface area contributed by atoms with E-state index in [4.69, 9.17) is 9.84 Å². The van der Waals surface area contributed by atoms with Crippen LogP contribution in [0.5, 0.6) is 0 Å². The number of aliphatic hydroxyl groups excluding tert-OH is 1. The van der Waals surface area contributed by atoms with Crippen molar-refractivity contribution in [2.24, 2.45) is 0 Å². The number of aromatic amines is 1. The molecule has 0 saturated carbocycles. The summed E-state index contributed by atoms with van der Waals surface area (Å²) in [6, 6.07) is 0. The average molecular weight is 255 g/mol. The van der Waals surface area contributed by atoms with Crippen LogP contribution in [0.1, 0.15) is 24.6 Å². The fraction of sp³-hybridized carbons (Fsp3) is 0.636. The molecule has 2 unspecified atom stereocenters. The first kappa shape index (κ1) is 13.0. The number of rotatable bonds is 4. The molecule has 1 aliphatic rings. The molecule has 100 valence electrons. The maximum atomic E-state index is 11.7. The van der Waals surface area contributed by atoms with E-state index in [9.17, 15) is 9.59 Å². The molecule has 1 aliphatic heterocycles. The molecule has 1 saturated heterocycles. The topological polar surface area (TPSA) is 96.3 Å². The van der Waals surface area contributed by atoms with E-state index in [1.165, 1.54) is 10.8 Å². The van der Waals surface area contributed by atoms with E-state index in [1.54, 1.807) is 7.05 Å². The van der Waals surface area contributed by atoms with Gasteiger partial charge in [0.15, 0.2) is 0 Å². The van der Waals surface area contributed by atoms with Crippen LogP contribution in [0.4, 0.5) is 0 Å². The van der Waals surface area contributed by atoms with E-state index in [0.717, 1.165) is 0 Å². The Morgan fingerprint density at radius 2 is 2.33 bits per heavy atom. The van der Waals surface area contributed by atoms with Crippen LogP contribution < -0.4 is 16.6 Å². The minimum atomic E-state index is -0.483. The highest BCUT2D eigenvalue weighted by Crippen LogP contribution is 2.26. The van der Waals surface area contributed by atoms with Gasteiger partial charge in [-0.25, -0.2) is 4.79 Å². The number of H-pyrrole nitrogens is 1. The van der Waals surface area contributed by atoms with Crippen LogP contribution in [0.15, 0.2) is 15.8 Å². The van der Waals surface area contributed by atoms with Crippen LogP contribution >= 0.6 is 0 Å². The lowest BCUT2D eigenvalue weighted by molar-refractivity contribution is -0.0247. The van der Waals surface area contributed by atoms with Gasteiger partial charge in [-0.1, -0.05) is 0 Å². The predicted molar refractivity (Wildman–Crippen MR) is 64.3 cm³/mol. The zero-order chi connectivity index (χ0) is 13.1. The van der Waals surface area contributed by atoms with E-state index < -0.39 is 11.9 Å². The summed E-state index contributed by atoms with van der Waals surface area (Å²) in [5.41, 5.74) is -0.390. The van der Waals surface area contributed by atoms with Crippen molar-refractivity contribution in [1.82, 2.24) is 14.9 Å². The second-order valence-corrected chi connectivity index (χ2v) is 4.32. The van der Waals surface area contributed by atoms with Crippen LogP contribution in [-0.2, 0) is 11.3 Å². The lowest BCUT2D eigenvalue weighted by Gasteiger charge is -2.15. The molecule has 2 atom stereocenters. The maximum absolute atomic E-state index is 11.7. The highest BCUT2D eigenvalue weighted by molar-refractivity contribution is 5.04. The number of hydrogen-bond donors (Lipinski definition) is 3. The SMILES string of the molecule is CNCc1cn(C2CCC(CO)O2)c(=O)[nH]c1=O. The van der Waals surface area contributed by atoms with Gasteiger partial charge in [0.05, 0.1) is 12.7 Å². The van der Waals surface area contributed by atoms with E-state index >= 15 is 0 Å². The Morgan fingerprint density at radius 1 is 1.56 bits per heavy atom. The largest absolute Gasteiger partial charge is 0.394 e. The van der Waals surface area contributed by atoms with E-state index in [0.29, 0.717) is 24.9 Å². The van der Waals surface area contributed by atoms with Crippen molar-refractivity contribution in [2.75, 3.05) is 13.7 Å². The summed E-state index contributed by atoms with van der Waals surface area (Å²) in [5.74, 6) is 0. The fourth-order valence-corrected chi connectivity index (χ4v) is 2.08. The Kier molecular flexibility index (Phi) is 3.95. The van der Waals surface area contributed by atoms with Gasteiger partial charge in [0.1, 0.15) is 6.23 Å². The summed E-state index contributed by atoms with van der Waals surface area (Å²) < 4.78 is 6.90. The molecule has 0 radical (unpaired) electrons. The molecule has 0 aliphatic carbocycles. The van der Waals surface area contributed by atoms with Gasteiger partial charge in [-0.15, -0.1) is 0 Å². The van der Waals surface area contributed by atoms with Crippen molar-refractivity contribution in [3.63, 3.8) is 0 Å². The summed E-state index contributed by atoms with van der Waals surface area (Å²) in [6.07, 6.45) is 2.22. The smallest absolute Gasteiger partial charge is 0.330 e. The van der Waals surface area contributed by atoms with Gasteiger partial charge in [-0.05, 0) is 19.9 Å². The zero-order valence-electron chi connectivity index (χ0n) is 10.2. The van der Waals surface area contributed by atoms with Crippen molar-refractivity contribution in [1.29, 1.82) is 0 Å². The first-order chi connectivity index (χ1) is 8.65. The van der Waals surface area contributed by atoms with Gasteiger partial charge in [0.25, 0.3) is 5.56 Å². The molecule has 1 aromatic heterocycles. The normalized spacial score (nSPS) is 23.4. The molecule has 3 N–H and O–H groups in total. The molecule has 2 heterocycles. The van der Waals surface area contributed by atoms with Crippen molar-refractivity contribution < 1.29 is 9.84 Å². The Balaban J connectivity index is 2.30. The van der Waals surface area contributed by atoms with Crippen LogP contribution in [0.3, 0.4) is 0 Å². The fourth-order valence-electron chi connectivity index (χ4n) is 2.08. The van der Waals surface area contributed by atoms with Gasteiger partial charge in [-0.3, -0.25) is 14.3 Å². The molecule has 0 amide bonds. The van der Waals surface area contributed by atoms with Crippen molar-refractivity contribution in [3.8, 4) is 0 Å². The van der Waals surface area contributed by atoms with Crippen LogP contribution in [0.2, 0.25) is 0 Å². The van der Waals surface area contributed by atoms with Crippen molar-refractivity contribution >= 4 is 0 Å². The number of aromatic nitrogens is 2. The molecule has 0 bridgehead atoms. The van der Waals surface area contributed by atoms with Gasteiger partial charge in [0.2, 0.25) is 0 Å². The van der Waals surface area contributed by atoms with Gasteiger partial charge >= 0.3 is 5.69 Å². The Morgan fingerprint density at radius 3 is 2.94 bits per heavy atom. The quantitative estimate of drug-likeness (QED) is 0.636. The minimum Gasteiger partial charge on any atom is -0.394 e. The lowest BCUT2D eigenvalue weighted by atomic mass is 10.2. The molecule has 1 aromatic rings. The standard InChI is InChI=1S/C11H17N3O4/c1-12-4-7-5-14(11(17)13-10(7)16)9-3-2-8(6-15)18-9/h5,8-9,12,15H,2-4,6H2,1H3,(H,13,16,17). The molecule has 0 spiro atoms. The Bertz CT molecular complexity index is 522. The van der Waals surface area contributed by atoms with Gasteiger partial charge in [0, 0.05) is 18.3 Å². The molecular formula is C11H17N3O4. The number of nitrogens with zero attached hydrogens (tertiary/aromatic N) is 1. The molecule has 7 nitrogen and oxygen atoms in total. The minimum absolute atomic E-state index is 0.0576. The number of nitrogens with one attached hydrogen (secondary N) is 2. The van der Waals surface area contributed by atoms with Gasteiger partial charge in [-0.2, -0.15) is 0 Å². The van der Waals surface area contributed by atoms with E-state index in [1.807, 2.05) is 0 Å². The first-order valence-electron chi connectivity index (χ1n) is 5.91. The lowest BCUT2D eigenvalue weighted by Crippen LogP contribution is -2.35. The number of hydrogen-bond acceptors (Lipinski definition) is 5. The average Bonchev–Trinajstić information content (AvgIpc) is 2.81. The maximum Gasteiger partial charge on any atom is 0.330 e. The third kappa shape index (κ3) is 2.53. The third-order valence-electron chi connectivity index (χ3n) is 3.01. The number of aliphatic hydroxyl groups is 1. The summed E-state index contributed by atoms with van der Waals surface area (Å²) >= 11 is 0. The molecule has 0 aromatic carbocycles. The summed E-state index contributed by atoms with van der Waals surface area (Å²) in [6.45, 7) is 0.323. The molecule has 1 fully saturated rings. The molecule has 18 heavy (non-hydrogen) atoms. The molecule has 7 heteroatoms. The van der Waals surface area contributed by atoms with E-state index in [-0.39, 0.29) is 18.3 Å². The monoisotopic (exact) mass is 255 g/mol. The van der Waals surface area contributed by atoms with E-state index in [2.05, 4.69) is 10.3 Å². The second kappa shape index (κ2) is 5.47. The summed E-state index contributed by atoms with van der Waals surface area (Å²) in [5, 5.41) is 11.9. The molecule has 2 rings (SSSR count). The third-order valence-corrected chi connectivity index (χ3v) is 3.01. The predicted octanol–water partition coefficient (Wildman–Crippen LogP) is -1.07. The zero-order valence-corrected chi connectivity index (χ0v) is 10.2. The summed E-state index contributed by atoms with van der Waals surface area (Å²) in [7, 11) is 1.72.